The molecular weight excluding hydrogens is 313 g/mol. The minimum atomic E-state index is 0. The molecule has 1 aliphatic heterocycles. The first-order chi connectivity index (χ1) is 9.29. The predicted octanol–water partition coefficient (Wildman–Crippen LogP) is 1.34. The maximum Gasteiger partial charge on any atom is 0.220 e. The lowest BCUT2D eigenvalue weighted by atomic mass is 9.95. The normalized spacial score (nSPS) is 20.2. The van der Waals surface area contributed by atoms with Gasteiger partial charge >= 0.3 is 0 Å². The van der Waals surface area contributed by atoms with Gasteiger partial charge in [0, 0.05) is 24.7 Å². The Balaban J connectivity index is 0.00000200. The summed E-state index contributed by atoms with van der Waals surface area (Å²) in [5.41, 5.74) is 6.63. The molecule has 1 saturated heterocycles. The molecule has 1 aromatic heterocycles. The lowest BCUT2D eigenvalue weighted by Crippen LogP contribution is -2.40. The number of carbonyl (C=O) groups is 1. The van der Waals surface area contributed by atoms with Crippen LogP contribution in [0.1, 0.15) is 18.4 Å². The number of carbonyl (C=O) groups excluding carboxylic acids is 1. The fourth-order valence-corrected chi connectivity index (χ4v) is 2.32. The molecule has 1 aromatic rings. The van der Waals surface area contributed by atoms with Crippen LogP contribution in [0.5, 0.6) is 0 Å². The highest BCUT2D eigenvalue weighted by atomic mass is 35.5. The van der Waals surface area contributed by atoms with Crippen LogP contribution in [-0.4, -0.2) is 36.7 Å². The van der Waals surface area contributed by atoms with E-state index in [2.05, 4.69) is 10.3 Å². The molecule has 1 fully saturated rings. The number of nitrogens with one attached hydrogen (secondary N) is 1. The maximum atomic E-state index is 11.7. The number of aromatic nitrogens is 1. The van der Waals surface area contributed by atoms with E-state index in [0.29, 0.717) is 32.1 Å². The number of hydrogen-bond acceptors (Lipinski definition) is 4. The van der Waals surface area contributed by atoms with Crippen LogP contribution in [0, 0.1) is 5.92 Å². The third-order valence-corrected chi connectivity index (χ3v) is 3.40. The lowest BCUT2D eigenvalue weighted by Gasteiger charge is -2.19. The average Bonchev–Trinajstić information content (AvgIpc) is 2.85. The number of ether oxygens (including phenoxy) is 1. The van der Waals surface area contributed by atoms with Crippen molar-refractivity contribution in [3.8, 4) is 0 Å². The molecule has 7 heteroatoms. The van der Waals surface area contributed by atoms with Crippen molar-refractivity contribution in [2.45, 2.75) is 25.3 Å². The summed E-state index contributed by atoms with van der Waals surface area (Å²) < 4.78 is 5.49. The molecule has 0 unspecified atom stereocenters. The molecule has 0 saturated carbocycles. The van der Waals surface area contributed by atoms with E-state index >= 15 is 0 Å². The third-order valence-electron chi connectivity index (χ3n) is 3.40. The van der Waals surface area contributed by atoms with Crippen molar-refractivity contribution in [1.29, 1.82) is 0 Å². The molecule has 120 valence electrons. The van der Waals surface area contributed by atoms with Crippen molar-refractivity contribution >= 4 is 30.7 Å². The van der Waals surface area contributed by atoms with Gasteiger partial charge in [0.2, 0.25) is 5.91 Å². The third kappa shape index (κ3) is 6.61. The molecule has 3 N–H and O–H groups in total. The summed E-state index contributed by atoms with van der Waals surface area (Å²) in [7, 11) is 0. The second-order valence-electron chi connectivity index (χ2n) is 4.92. The Kier molecular flexibility index (Phi) is 10.3. The van der Waals surface area contributed by atoms with E-state index in [-0.39, 0.29) is 36.8 Å². The second kappa shape index (κ2) is 10.8. The van der Waals surface area contributed by atoms with Gasteiger partial charge in [-0.3, -0.25) is 9.78 Å². The summed E-state index contributed by atoms with van der Waals surface area (Å²) in [5, 5.41) is 3.05. The van der Waals surface area contributed by atoms with Crippen molar-refractivity contribution in [2.75, 3.05) is 19.8 Å². The number of halogens is 2. The van der Waals surface area contributed by atoms with Crippen LogP contribution in [0.3, 0.4) is 0 Å². The molecule has 5 nitrogen and oxygen atoms in total. The van der Waals surface area contributed by atoms with E-state index in [1.165, 1.54) is 5.56 Å². The lowest BCUT2D eigenvalue weighted by molar-refractivity contribution is -0.122. The van der Waals surface area contributed by atoms with Gasteiger partial charge in [-0.25, -0.2) is 0 Å². The fourth-order valence-electron chi connectivity index (χ4n) is 2.32. The van der Waals surface area contributed by atoms with Gasteiger partial charge in [-0.2, -0.15) is 0 Å². The van der Waals surface area contributed by atoms with Gasteiger partial charge in [-0.15, -0.1) is 24.8 Å². The van der Waals surface area contributed by atoms with Crippen LogP contribution in [0.4, 0.5) is 0 Å². The molecule has 0 aliphatic carbocycles. The number of rotatable bonds is 6. The number of pyridine rings is 1. The van der Waals surface area contributed by atoms with E-state index in [4.69, 9.17) is 10.5 Å². The standard InChI is InChI=1S/C14H21N3O2.2ClH/c15-5-1-2-14(18)17-13-10-19-9-12(13)8-11-3-6-16-7-4-11;;/h3-4,6-7,12-13H,1-2,5,8-10,15H2,(H,17,18);2*1H/t12-,13+;;/m1../s1. The summed E-state index contributed by atoms with van der Waals surface area (Å²) in [6.07, 6.45) is 5.72. The summed E-state index contributed by atoms with van der Waals surface area (Å²) in [6, 6.07) is 4.12. The van der Waals surface area contributed by atoms with Crippen LogP contribution in [-0.2, 0) is 16.0 Å². The Labute approximate surface area is 137 Å². The molecule has 0 radical (unpaired) electrons. The fraction of sp³-hybridized carbons (Fsp3) is 0.571. The molecule has 0 spiro atoms. The van der Waals surface area contributed by atoms with Crippen LogP contribution >= 0.6 is 24.8 Å². The van der Waals surface area contributed by atoms with Gasteiger partial charge in [-0.05, 0) is 37.1 Å². The maximum absolute atomic E-state index is 11.7. The Morgan fingerprint density at radius 3 is 2.71 bits per heavy atom. The Hall–Kier alpha value is -0.880. The minimum absolute atomic E-state index is 0. The molecular formula is C14H23Cl2N3O2. The van der Waals surface area contributed by atoms with Crippen LogP contribution in [0.25, 0.3) is 0 Å². The van der Waals surface area contributed by atoms with Crippen LogP contribution < -0.4 is 11.1 Å². The van der Waals surface area contributed by atoms with Crippen molar-refractivity contribution in [3.63, 3.8) is 0 Å². The molecule has 2 atom stereocenters. The van der Waals surface area contributed by atoms with E-state index in [0.717, 1.165) is 12.8 Å². The average molecular weight is 336 g/mol. The minimum Gasteiger partial charge on any atom is -0.379 e. The monoisotopic (exact) mass is 335 g/mol. The largest absolute Gasteiger partial charge is 0.379 e. The van der Waals surface area contributed by atoms with Gasteiger partial charge in [0.05, 0.1) is 19.3 Å². The van der Waals surface area contributed by atoms with Gasteiger partial charge in [-0.1, -0.05) is 0 Å². The van der Waals surface area contributed by atoms with Gasteiger partial charge < -0.3 is 15.8 Å². The van der Waals surface area contributed by atoms with E-state index in [9.17, 15) is 4.79 Å². The van der Waals surface area contributed by atoms with Crippen molar-refractivity contribution in [2.24, 2.45) is 11.7 Å². The summed E-state index contributed by atoms with van der Waals surface area (Å²) >= 11 is 0. The smallest absolute Gasteiger partial charge is 0.220 e. The molecule has 0 bridgehead atoms. The number of nitrogens with zero attached hydrogens (tertiary/aromatic N) is 1. The summed E-state index contributed by atoms with van der Waals surface area (Å²) in [5.74, 6) is 0.407. The van der Waals surface area contributed by atoms with E-state index in [1.807, 2.05) is 12.1 Å². The Morgan fingerprint density at radius 1 is 1.33 bits per heavy atom. The Bertz CT molecular complexity index is 406. The zero-order valence-electron chi connectivity index (χ0n) is 11.9. The summed E-state index contributed by atoms with van der Waals surface area (Å²) in [6.45, 7) is 1.85. The van der Waals surface area contributed by atoms with E-state index < -0.39 is 0 Å². The second-order valence-corrected chi connectivity index (χ2v) is 4.92. The quantitative estimate of drug-likeness (QED) is 0.822. The topological polar surface area (TPSA) is 77.2 Å². The highest BCUT2D eigenvalue weighted by Gasteiger charge is 2.29. The van der Waals surface area contributed by atoms with Gasteiger partial charge in [0.1, 0.15) is 0 Å². The number of amides is 1. The van der Waals surface area contributed by atoms with Crippen molar-refractivity contribution < 1.29 is 9.53 Å². The highest BCUT2D eigenvalue weighted by Crippen LogP contribution is 2.19. The molecule has 0 aromatic carbocycles. The first-order valence-electron chi connectivity index (χ1n) is 6.75. The van der Waals surface area contributed by atoms with Crippen molar-refractivity contribution in [1.82, 2.24) is 10.3 Å². The summed E-state index contributed by atoms with van der Waals surface area (Å²) in [4.78, 5) is 15.7. The SMILES string of the molecule is Cl.Cl.NCCCC(=O)N[C@H]1COC[C@H]1Cc1ccncc1. The first kappa shape index (κ1) is 20.1. The molecule has 2 rings (SSSR count). The van der Waals surface area contributed by atoms with Gasteiger partial charge in [0.25, 0.3) is 0 Å². The zero-order valence-corrected chi connectivity index (χ0v) is 13.5. The van der Waals surface area contributed by atoms with Crippen molar-refractivity contribution in [3.05, 3.63) is 30.1 Å². The molecule has 1 aliphatic rings. The van der Waals surface area contributed by atoms with E-state index in [1.54, 1.807) is 12.4 Å². The highest BCUT2D eigenvalue weighted by molar-refractivity contribution is 5.85. The van der Waals surface area contributed by atoms with Crippen LogP contribution in [0.2, 0.25) is 0 Å². The molecule has 1 amide bonds. The number of nitrogens with two attached hydrogens (primary N) is 1. The number of hydrogen-bond donors (Lipinski definition) is 2. The molecule has 21 heavy (non-hydrogen) atoms. The molecule has 2 heterocycles. The Morgan fingerprint density at radius 2 is 2.05 bits per heavy atom. The van der Waals surface area contributed by atoms with Gasteiger partial charge in [0.15, 0.2) is 0 Å². The predicted molar refractivity (Wildman–Crippen MR) is 87.0 cm³/mol. The zero-order chi connectivity index (χ0) is 13.5. The first-order valence-corrected chi connectivity index (χ1v) is 6.75. The van der Waals surface area contributed by atoms with Crippen LogP contribution in [0.15, 0.2) is 24.5 Å².